The van der Waals surface area contributed by atoms with Crippen LogP contribution in [0.25, 0.3) is 0 Å². The zero-order valence-electron chi connectivity index (χ0n) is 9.23. The molecule has 1 unspecified atom stereocenters. The molecule has 0 saturated carbocycles. The average molecular weight is 290 g/mol. The van der Waals surface area contributed by atoms with E-state index in [-0.39, 0.29) is 0 Å². The lowest BCUT2D eigenvalue weighted by Crippen LogP contribution is -2.47. The number of rotatable bonds is 2. The Morgan fingerprint density at radius 2 is 1.95 bits per heavy atom. The summed E-state index contributed by atoms with van der Waals surface area (Å²) in [5, 5.41) is -0.912. The van der Waals surface area contributed by atoms with Crippen LogP contribution in [0, 0.1) is 0 Å². The lowest BCUT2D eigenvalue weighted by molar-refractivity contribution is 0.185. The third-order valence-corrected chi connectivity index (χ3v) is 2.82. The molecule has 1 aromatic rings. The molecule has 0 fully saturated rings. The minimum absolute atomic E-state index is 0.299. The van der Waals surface area contributed by atoms with Gasteiger partial charge in [0.1, 0.15) is 0 Å². The van der Waals surface area contributed by atoms with Gasteiger partial charge in [0.15, 0.2) is 0 Å². The number of aliphatic imine (C=N–C) groups is 2. The molecule has 0 amide bonds. The molecule has 1 aliphatic rings. The maximum Gasteiger partial charge on any atom is 0.330 e. The van der Waals surface area contributed by atoms with Crippen molar-refractivity contribution in [2.45, 2.75) is 6.42 Å². The van der Waals surface area contributed by atoms with Crippen molar-refractivity contribution in [3.8, 4) is 0 Å². The lowest BCUT2D eigenvalue weighted by atomic mass is 10.3. The lowest BCUT2D eigenvalue weighted by Gasteiger charge is -2.28. The second-order valence-electron chi connectivity index (χ2n) is 3.43. The number of alkyl halides is 1. The van der Waals surface area contributed by atoms with Crippen LogP contribution in [0.1, 0.15) is 0 Å². The Bertz CT molecular complexity index is 632. The number of hydrogen-bond acceptors (Lipinski definition) is 6. The predicted molar refractivity (Wildman–Crippen MR) is 64.3 cm³/mol. The van der Waals surface area contributed by atoms with Gasteiger partial charge in [0.25, 0.3) is 11.6 Å². The largest absolute Gasteiger partial charge is 0.330 e. The molecule has 0 radical (unpaired) electrons. The van der Waals surface area contributed by atoms with Crippen LogP contribution in [0.3, 0.4) is 0 Å². The van der Waals surface area contributed by atoms with E-state index in [1.165, 1.54) is 12.1 Å². The summed E-state index contributed by atoms with van der Waals surface area (Å²) >= 11 is 0. The number of benzene rings is 1. The van der Waals surface area contributed by atoms with Crippen molar-refractivity contribution in [1.29, 1.82) is 0 Å². The van der Waals surface area contributed by atoms with Gasteiger partial charge in [0.05, 0.1) is 5.69 Å². The van der Waals surface area contributed by atoms with Gasteiger partial charge in [-0.05, 0) is 12.1 Å². The van der Waals surface area contributed by atoms with Gasteiger partial charge in [-0.25, -0.2) is 5.01 Å². The van der Waals surface area contributed by atoms with Crippen LogP contribution in [0.5, 0.6) is 0 Å². The molecule has 2 rings (SSSR count). The van der Waals surface area contributed by atoms with Crippen molar-refractivity contribution in [2.24, 2.45) is 9.98 Å². The Morgan fingerprint density at radius 3 is 2.53 bits per heavy atom. The zero-order valence-corrected chi connectivity index (χ0v) is 10.1. The minimum atomic E-state index is -4.91. The highest BCUT2D eigenvalue weighted by Gasteiger charge is 2.34. The molecule has 0 saturated heterocycles. The molecular formula is C9H8F2N4O3S. The number of amidine groups is 2. The normalized spacial score (nSPS) is 19.7. The first-order valence-corrected chi connectivity index (χ1v) is 6.36. The number of hydrogen-bond donors (Lipinski definition) is 2. The number of para-hydroxylation sites is 1. The molecule has 1 heterocycles. The molecule has 7 nitrogen and oxygen atoms in total. The van der Waals surface area contributed by atoms with E-state index in [2.05, 4.69) is 15.4 Å². The van der Waals surface area contributed by atoms with Gasteiger partial charge < -0.3 is 0 Å². The first-order valence-electron chi connectivity index (χ1n) is 4.92. The van der Waals surface area contributed by atoms with Crippen LogP contribution in [0.15, 0.2) is 40.3 Å². The smallest absolute Gasteiger partial charge is 0.292 e. The first kappa shape index (κ1) is 13.4. The third kappa shape index (κ3) is 3.03. The van der Waals surface area contributed by atoms with Crippen LogP contribution in [0.2, 0.25) is 0 Å². The molecule has 0 bridgehead atoms. The van der Waals surface area contributed by atoms with E-state index in [4.69, 9.17) is 4.55 Å². The zero-order chi connectivity index (χ0) is 14.0. The topological polar surface area (TPSA) is 94.4 Å². The van der Waals surface area contributed by atoms with E-state index < -0.39 is 27.8 Å². The van der Waals surface area contributed by atoms with Crippen molar-refractivity contribution in [3.05, 3.63) is 30.3 Å². The second kappa shape index (κ2) is 4.90. The number of anilines is 1. The highest BCUT2D eigenvalue weighted by molar-refractivity contribution is 8.01. The van der Waals surface area contributed by atoms with Crippen molar-refractivity contribution in [1.82, 2.24) is 5.01 Å². The van der Waals surface area contributed by atoms with Gasteiger partial charge in [-0.15, -0.1) is 0 Å². The summed E-state index contributed by atoms with van der Waals surface area (Å²) in [5.41, 5.74) is 2.63. The Labute approximate surface area is 107 Å². The average Bonchev–Trinajstić information content (AvgIpc) is 2.32. The van der Waals surface area contributed by atoms with E-state index in [1.54, 1.807) is 18.2 Å². The quantitative estimate of drug-likeness (QED) is 0.629. The molecule has 1 aliphatic heterocycles. The maximum atomic E-state index is 13.5. The molecule has 2 N–H and O–H groups in total. The molecule has 102 valence electrons. The summed E-state index contributed by atoms with van der Waals surface area (Å²) in [6.45, 7) is 0. The van der Waals surface area contributed by atoms with Gasteiger partial charge in [-0.3, -0.25) is 9.98 Å². The third-order valence-electron chi connectivity index (χ3n) is 2.07. The summed E-state index contributed by atoms with van der Waals surface area (Å²) in [5.74, 6) is 0. The van der Waals surface area contributed by atoms with Gasteiger partial charge in [-0.1, -0.05) is 18.2 Å². The fraction of sp³-hybridized carbons (Fsp3) is 0.111. The van der Waals surface area contributed by atoms with Crippen LogP contribution in [0.4, 0.5) is 14.5 Å². The molecule has 19 heavy (non-hydrogen) atoms. The summed E-state index contributed by atoms with van der Waals surface area (Å²) in [7, 11) is -4.91. The summed E-state index contributed by atoms with van der Waals surface area (Å²) in [6, 6.07) is 7.90. The predicted octanol–water partition coefficient (Wildman–Crippen LogP) is 1.15. The minimum Gasteiger partial charge on any atom is -0.292 e. The standard InChI is InChI=1S/C9H8F2N4O3S/c10-7-12-8(11)15(9(13-7)19(16,17)18)14-6-4-2-1-3-5-6/h1-5,8,14H,(H,16,17,18). The fourth-order valence-corrected chi connectivity index (χ4v) is 1.91. The number of hydrazine groups is 1. The van der Waals surface area contributed by atoms with E-state index in [1.807, 2.05) is 0 Å². The highest BCUT2D eigenvalue weighted by atomic mass is 32.2. The molecular weight excluding hydrogens is 282 g/mol. The molecule has 10 heteroatoms. The van der Waals surface area contributed by atoms with Gasteiger partial charge in [0, 0.05) is 0 Å². The van der Waals surface area contributed by atoms with E-state index in [0.29, 0.717) is 10.7 Å². The summed E-state index contributed by atoms with van der Waals surface area (Å²) in [6.07, 6.45) is -3.96. The van der Waals surface area contributed by atoms with E-state index in [0.717, 1.165) is 0 Å². The van der Waals surface area contributed by atoms with Gasteiger partial charge in [-0.2, -0.15) is 27.2 Å². The van der Waals surface area contributed by atoms with Crippen LogP contribution >= 0.6 is 0 Å². The van der Waals surface area contributed by atoms with Crippen LogP contribution in [-0.4, -0.2) is 35.7 Å². The number of nitrogens with zero attached hydrogens (tertiary/aromatic N) is 3. The number of halogens is 2. The fourth-order valence-electron chi connectivity index (χ4n) is 1.33. The van der Waals surface area contributed by atoms with Crippen molar-refractivity contribution < 1.29 is 21.8 Å². The highest BCUT2D eigenvalue weighted by Crippen LogP contribution is 2.17. The van der Waals surface area contributed by atoms with Crippen LogP contribution < -0.4 is 5.43 Å². The maximum absolute atomic E-state index is 13.5. The van der Waals surface area contributed by atoms with Gasteiger partial charge >= 0.3 is 16.2 Å². The Morgan fingerprint density at radius 1 is 1.32 bits per heavy atom. The first-order chi connectivity index (χ1) is 8.88. The summed E-state index contributed by atoms with van der Waals surface area (Å²) < 4.78 is 57.3. The Kier molecular flexibility index (Phi) is 3.44. The monoisotopic (exact) mass is 290 g/mol. The second-order valence-corrected chi connectivity index (χ2v) is 4.74. The molecule has 1 aromatic carbocycles. The Hall–Kier alpha value is -2.07. The van der Waals surface area contributed by atoms with Crippen molar-refractivity contribution in [3.63, 3.8) is 0 Å². The number of nitrogens with one attached hydrogen (secondary N) is 1. The molecule has 1 atom stereocenters. The van der Waals surface area contributed by atoms with Crippen molar-refractivity contribution >= 4 is 27.1 Å². The molecule has 0 spiro atoms. The summed E-state index contributed by atoms with van der Waals surface area (Å²) in [4.78, 5) is 5.67. The van der Waals surface area contributed by atoms with Crippen LogP contribution in [-0.2, 0) is 10.1 Å². The van der Waals surface area contributed by atoms with E-state index in [9.17, 15) is 17.2 Å². The molecule has 0 aromatic heterocycles. The molecule has 0 aliphatic carbocycles. The SMILES string of the molecule is O=S(=O)(O)C1=NC(F)=NC(F)N1Nc1ccccc1. The van der Waals surface area contributed by atoms with Gasteiger partial charge in [0.2, 0.25) is 0 Å². The van der Waals surface area contributed by atoms with Crippen molar-refractivity contribution in [2.75, 3.05) is 5.43 Å². The Balaban J connectivity index is 2.35. The van der Waals surface area contributed by atoms with E-state index >= 15 is 0 Å².